The molecule has 2 saturated heterocycles. The van der Waals surface area contributed by atoms with E-state index >= 15 is 0 Å². The number of hydrogen-bond acceptors (Lipinski definition) is 6. The molecular weight excluding hydrogens is 338 g/mol. The van der Waals surface area contributed by atoms with Gasteiger partial charge in [-0.05, 0) is 20.3 Å². The maximum Gasteiger partial charge on any atom is 0.265 e. The second kappa shape index (κ2) is 6.95. The quantitative estimate of drug-likeness (QED) is 0.881. The minimum atomic E-state index is -0.792. The van der Waals surface area contributed by atoms with Crippen molar-refractivity contribution in [2.45, 2.75) is 39.7 Å². The third-order valence-corrected chi connectivity index (χ3v) is 6.68. The van der Waals surface area contributed by atoms with Crippen LogP contribution in [0.2, 0.25) is 0 Å². The predicted molar refractivity (Wildman–Crippen MR) is 98.1 cm³/mol. The molecule has 0 bridgehead atoms. The number of carbonyl (C=O) groups is 1. The first-order chi connectivity index (χ1) is 11.7. The molecule has 1 aromatic rings. The van der Waals surface area contributed by atoms with Gasteiger partial charge in [-0.15, -0.1) is 11.3 Å². The van der Waals surface area contributed by atoms with E-state index < -0.39 is 5.60 Å². The van der Waals surface area contributed by atoms with Crippen molar-refractivity contribution in [3.63, 3.8) is 0 Å². The van der Waals surface area contributed by atoms with E-state index in [0.717, 1.165) is 41.9 Å². The van der Waals surface area contributed by atoms with E-state index in [2.05, 4.69) is 23.7 Å². The fourth-order valence-electron chi connectivity index (χ4n) is 3.83. The van der Waals surface area contributed by atoms with Gasteiger partial charge in [-0.25, -0.2) is 4.98 Å². The van der Waals surface area contributed by atoms with Crippen LogP contribution in [0.3, 0.4) is 0 Å². The molecule has 7 heteroatoms. The molecule has 0 aromatic carbocycles. The molecule has 1 amide bonds. The SMILES string of the molecule is Cc1nc(C)c(C(=O)N2CCC(O)(CN3CCOCC3)C(C)(C)C2)s1. The van der Waals surface area contributed by atoms with Crippen molar-refractivity contribution in [2.75, 3.05) is 45.9 Å². The monoisotopic (exact) mass is 367 g/mol. The fraction of sp³-hybridized carbons (Fsp3) is 0.778. The van der Waals surface area contributed by atoms with Gasteiger partial charge in [0.05, 0.1) is 29.5 Å². The molecule has 0 saturated carbocycles. The van der Waals surface area contributed by atoms with Crippen LogP contribution in [0.1, 0.15) is 40.6 Å². The van der Waals surface area contributed by atoms with E-state index in [0.29, 0.717) is 26.1 Å². The molecular formula is C18H29N3O3S. The van der Waals surface area contributed by atoms with Crippen molar-refractivity contribution in [2.24, 2.45) is 5.41 Å². The maximum atomic E-state index is 12.9. The summed E-state index contributed by atoms with van der Waals surface area (Å²) in [6.07, 6.45) is 0.597. The zero-order valence-electron chi connectivity index (χ0n) is 15.7. The number of nitrogens with zero attached hydrogens (tertiary/aromatic N) is 3. The molecule has 140 valence electrons. The standard InChI is InChI=1S/C18H29N3O3S/c1-13-15(25-14(2)19-13)16(22)21-6-5-18(23,17(3,4)11-21)12-20-7-9-24-10-8-20/h23H,5-12H2,1-4H3. The second-order valence-corrected chi connectivity index (χ2v) is 9.13. The van der Waals surface area contributed by atoms with Crippen molar-refractivity contribution < 1.29 is 14.6 Å². The highest BCUT2D eigenvalue weighted by atomic mass is 32.1. The Labute approximate surface area is 153 Å². The van der Waals surface area contributed by atoms with E-state index in [1.807, 2.05) is 18.7 Å². The molecule has 0 aliphatic carbocycles. The van der Waals surface area contributed by atoms with E-state index in [1.165, 1.54) is 11.3 Å². The van der Waals surface area contributed by atoms with Crippen molar-refractivity contribution >= 4 is 17.2 Å². The Morgan fingerprint density at radius 3 is 2.52 bits per heavy atom. The number of amides is 1. The van der Waals surface area contributed by atoms with Gasteiger partial charge in [-0.1, -0.05) is 13.8 Å². The van der Waals surface area contributed by atoms with Crippen LogP contribution in [-0.2, 0) is 4.74 Å². The van der Waals surface area contributed by atoms with Crippen LogP contribution in [0.4, 0.5) is 0 Å². The van der Waals surface area contributed by atoms with Gasteiger partial charge >= 0.3 is 0 Å². The Morgan fingerprint density at radius 1 is 1.28 bits per heavy atom. The lowest BCUT2D eigenvalue weighted by Gasteiger charge is -2.52. The largest absolute Gasteiger partial charge is 0.388 e. The maximum absolute atomic E-state index is 12.9. The Hall–Kier alpha value is -1.02. The molecule has 3 heterocycles. The Balaban J connectivity index is 1.71. The zero-order chi connectivity index (χ0) is 18.2. The molecule has 25 heavy (non-hydrogen) atoms. The van der Waals surface area contributed by atoms with Gasteiger partial charge in [-0.3, -0.25) is 9.69 Å². The van der Waals surface area contributed by atoms with Gasteiger partial charge in [0.25, 0.3) is 5.91 Å². The first-order valence-electron chi connectivity index (χ1n) is 8.98. The number of carbonyl (C=O) groups excluding carboxylic acids is 1. The number of aryl methyl sites for hydroxylation is 2. The molecule has 0 spiro atoms. The van der Waals surface area contributed by atoms with Crippen molar-refractivity contribution in [3.8, 4) is 0 Å². The number of ether oxygens (including phenoxy) is 1. The van der Waals surface area contributed by atoms with Gasteiger partial charge in [0.15, 0.2) is 0 Å². The average Bonchev–Trinajstić information content (AvgIpc) is 2.89. The number of likely N-dealkylation sites (tertiary alicyclic amines) is 1. The molecule has 1 N–H and O–H groups in total. The van der Waals surface area contributed by atoms with Gasteiger partial charge in [0.1, 0.15) is 4.88 Å². The highest BCUT2D eigenvalue weighted by Gasteiger charge is 2.49. The number of aromatic nitrogens is 1. The van der Waals surface area contributed by atoms with Crippen LogP contribution < -0.4 is 0 Å². The summed E-state index contributed by atoms with van der Waals surface area (Å²) >= 11 is 1.46. The van der Waals surface area contributed by atoms with E-state index in [1.54, 1.807) is 0 Å². The third kappa shape index (κ3) is 3.74. The van der Waals surface area contributed by atoms with Gasteiger partial charge in [-0.2, -0.15) is 0 Å². The number of β-amino-alcohol motifs (C(OH)–C–C–N with tert-alkyl or cyclic N) is 1. The zero-order valence-corrected chi connectivity index (χ0v) is 16.5. The minimum Gasteiger partial charge on any atom is -0.388 e. The third-order valence-electron chi connectivity index (χ3n) is 5.62. The van der Waals surface area contributed by atoms with Crippen LogP contribution in [0.25, 0.3) is 0 Å². The highest BCUT2D eigenvalue weighted by molar-refractivity contribution is 7.13. The van der Waals surface area contributed by atoms with Gasteiger partial charge in [0.2, 0.25) is 0 Å². The lowest BCUT2D eigenvalue weighted by molar-refractivity contribution is -0.133. The predicted octanol–water partition coefficient (Wildman–Crippen LogP) is 1.70. The number of rotatable bonds is 3. The molecule has 2 aliphatic rings. The van der Waals surface area contributed by atoms with Crippen LogP contribution >= 0.6 is 11.3 Å². The number of hydrogen-bond donors (Lipinski definition) is 1. The smallest absolute Gasteiger partial charge is 0.265 e. The van der Waals surface area contributed by atoms with Crippen LogP contribution in [0.15, 0.2) is 0 Å². The summed E-state index contributed by atoms with van der Waals surface area (Å²) in [5.74, 6) is 0.0459. The molecule has 2 aliphatic heterocycles. The van der Waals surface area contributed by atoms with Gasteiger partial charge in [0, 0.05) is 38.1 Å². The molecule has 2 fully saturated rings. The molecule has 0 radical (unpaired) electrons. The summed E-state index contributed by atoms with van der Waals surface area (Å²) in [7, 11) is 0. The van der Waals surface area contributed by atoms with Crippen LogP contribution in [0, 0.1) is 19.3 Å². The molecule has 6 nitrogen and oxygen atoms in total. The van der Waals surface area contributed by atoms with Crippen LogP contribution in [0.5, 0.6) is 0 Å². The number of morpholine rings is 1. The van der Waals surface area contributed by atoms with E-state index in [4.69, 9.17) is 4.74 Å². The lowest BCUT2D eigenvalue weighted by atomic mass is 9.69. The first-order valence-corrected chi connectivity index (χ1v) is 9.79. The van der Waals surface area contributed by atoms with Crippen molar-refractivity contribution in [1.82, 2.24) is 14.8 Å². The summed E-state index contributed by atoms with van der Waals surface area (Å²) in [6, 6.07) is 0. The normalized spacial score (nSPS) is 27.5. The van der Waals surface area contributed by atoms with Crippen LogP contribution in [-0.4, -0.2) is 77.3 Å². The highest BCUT2D eigenvalue weighted by Crippen LogP contribution is 2.40. The summed E-state index contributed by atoms with van der Waals surface area (Å²) in [5, 5.41) is 12.3. The first kappa shape index (κ1) is 18.8. The average molecular weight is 368 g/mol. The fourth-order valence-corrected chi connectivity index (χ4v) is 4.72. The van der Waals surface area contributed by atoms with E-state index in [9.17, 15) is 9.90 Å². The number of aliphatic hydroxyl groups is 1. The number of thiazole rings is 1. The summed E-state index contributed by atoms with van der Waals surface area (Å²) in [5.41, 5.74) is -0.355. The molecule has 1 unspecified atom stereocenters. The summed E-state index contributed by atoms with van der Waals surface area (Å²) in [6.45, 7) is 12.9. The Kier molecular flexibility index (Phi) is 5.21. The second-order valence-electron chi connectivity index (χ2n) is 7.93. The van der Waals surface area contributed by atoms with Crippen molar-refractivity contribution in [1.29, 1.82) is 0 Å². The minimum absolute atomic E-state index is 0.0459. The topological polar surface area (TPSA) is 65.9 Å². The van der Waals surface area contributed by atoms with E-state index in [-0.39, 0.29) is 11.3 Å². The molecule has 3 rings (SSSR count). The summed E-state index contributed by atoms with van der Waals surface area (Å²) in [4.78, 5) is 22.2. The Bertz CT molecular complexity index is 640. The molecule has 1 aromatic heterocycles. The molecule has 1 atom stereocenters. The summed E-state index contributed by atoms with van der Waals surface area (Å²) < 4.78 is 5.40. The lowest BCUT2D eigenvalue weighted by Crippen LogP contribution is -2.63. The van der Waals surface area contributed by atoms with Crippen molar-refractivity contribution in [3.05, 3.63) is 15.6 Å². The van der Waals surface area contributed by atoms with Gasteiger partial charge < -0.3 is 14.7 Å². The number of piperidine rings is 1. The Morgan fingerprint density at radius 2 is 1.96 bits per heavy atom.